The molecule has 0 atom stereocenters. The molecule has 6 aromatic rings. The van der Waals surface area contributed by atoms with Crippen LogP contribution in [0.2, 0.25) is 0 Å². The first-order chi connectivity index (χ1) is 20.7. The third-order valence-electron chi connectivity index (χ3n) is 7.58. The molecule has 4 heteroatoms. The number of aryl methyl sites for hydroxylation is 2. The van der Waals surface area contributed by atoms with E-state index in [-0.39, 0.29) is 0 Å². The second-order valence-electron chi connectivity index (χ2n) is 10.2. The van der Waals surface area contributed by atoms with Crippen molar-refractivity contribution in [3.63, 3.8) is 0 Å². The molecule has 0 unspecified atom stereocenters. The molecule has 42 heavy (non-hydrogen) atoms. The van der Waals surface area contributed by atoms with Crippen molar-refractivity contribution in [1.82, 2.24) is 0 Å². The van der Waals surface area contributed by atoms with E-state index in [0.29, 0.717) is 0 Å². The van der Waals surface area contributed by atoms with E-state index in [1.165, 1.54) is 65.7 Å². The van der Waals surface area contributed by atoms with Gasteiger partial charge in [0.05, 0.1) is 9.52 Å². The summed E-state index contributed by atoms with van der Waals surface area (Å²) in [6.45, 7) is 4.50. The maximum Gasteiger partial charge on any atom is 0.0920 e. The van der Waals surface area contributed by atoms with Crippen LogP contribution in [0.1, 0.15) is 31.4 Å². The molecule has 1 heterocycles. The molecule has 1 aliphatic heterocycles. The van der Waals surface area contributed by atoms with Crippen molar-refractivity contribution in [2.45, 2.75) is 33.1 Å². The Labute approximate surface area is 271 Å². The maximum atomic E-state index is 4.93. The van der Waals surface area contributed by atoms with Crippen molar-refractivity contribution in [2.24, 2.45) is 0 Å². The third-order valence-corrected chi connectivity index (χ3v) is 8.95. The zero-order valence-corrected chi connectivity index (χ0v) is 28.9. The molecule has 2 radical (unpaired) electrons. The number of rotatable bonds is 5. The van der Waals surface area contributed by atoms with E-state index in [1.54, 1.807) is 0 Å². The SMILES string of the molecule is CCCc1ccc2[cH-]c(CC)cc2c1-c1ccccc1-c1ccccc1.[Cl][Zr+2][Cl].[c-]1cccc2c1[Si]c1ccccc1-2. The van der Waals surface area contributed by atoms with E-state index in [9.17, 15) is 0 Å². The number of hydrogen-bond acceptors (Lipinski definition) is 0. The maximum absolute atomic E-state index is 4.93. The molecule has 0 fully saturated rings. The van der Waals surface area contributed by atoms with E-state index < -0.39 is 20.8 Å². The molecule has 0 aliphatic carbocycles. The Bertz CT molecular complexity index is 1710. The Hall–Kier alpha value is -2.61. The fourth-order valence-electron chi connectivity index (χ4n) is 5.69. The van der Waals surface area contributed by atoms with Crippen molar-refractivity contribution in [2.75, 3.05) is 0 Å². The van der Waals surface area contributed by atoms with Gasteiger partial charge in [-0.05, 0) is 29.5 Å². The van der Waals surface area contributed by atoms with Crippen molar-refractivity contribution in [1.29, 1.82) is 0 Å². The molecule has 7 rings (SSSR count). The fourth-order valence-corrected chi connectivity index (χ4v) is 7.00. The zero-order chi connectivity index (χ0) is 29.3. The minimum Gasteiger partial charge on any atom is -0.184 e. The van der Waals surface area contributed by atoms with Gasteiger partial charge in [-0.1, -0.05) is 121 Å². The van der Waals surface area contributed by atoms with Gasteiger partial charge in [-0.2, -0.15) is 35.5 Å². The summed E-state index contributed by atoms with van der Waals surface area (Å²) in [7, 11) is 10.7. The topological polar surface area (TPSA) is 0 Å². The summed E-state index contributed by atoms with van der Waals surface area (Å²) >= 11 is -0.826. The predicted molar refractivity (Wildman–Crippen MR) is 181 cm³/mol. The number of fused-ring (bicyclic) bond motifs is 4. The Morgan fingerprint density at radius 1 is 0.738 bits per heavy atom. The summed E-state index contributed by atoms with van der Waals surface area (Å²) < 4.78 is 0. The number of halogens is 2. The van der Waals surface area contributed by atoms with Gasteiger partial charge in [0.25, 0.3) is 0 Å². The first kappa shape index (κ1) is 30.8. The minimum atomic E-state index is -0.826. The van der Waals surface area contributed by atoms with E-state index in [4.69, 9.17) is 17.0 Å². The van der Waals surface area contributed by atoms with E-state index in [1.807, 2.05) is 6.07 Å². The number of hydrogen-bond donors (Lipinski definition) is 0. The molecule has 0 amide bonds. The van der Waals surface area contributed by atoms with E-state index in [0.717, 1.165) is 28.8 Å². The molecule has 0 N–H and O–H groups in total. The van der Waals surface area contributed by atoms with Crippen LogP contribution in [0.25, 0.3) is 44.2 Å². The Morgan fingerprint density at radius 3 is 2.14 bits per heavy atom. The fraction of sp³-hybridized carbons (Fsp3) is 0.132. The van der Waals surface area contributed by atoms with Crippen molar-refractivity contribution in [3.8, 4) is 33.4 Å². The first-order valence-corrected chi connectivity index (χ1v) is 21.7. The van der Waals surface area contributed by atoms with Gasteiger partial charge in [0.1, 0.15) is 0 Å². The monoisotopic (exact) mass is 676 g/mol. The molecule has 206 valence electrons. The molecule has 1 aliphatic rings. The summed E-state index contributed by atoms with van der Waals surface area (Å²) in [5, 5.41) is 5.58. The second kappa shape index (κ2) is 15.2. The standard InChI is InChI=1S/C26H25.C12H7Si.2ClH.Zr/c1-3-10-21-15-16-22-17-19(4-2)18-25(22)26(21)24-14-9-8-13-23(24)20-11-6-5-7-12-20;1-3-7-11-9(5-1)10-6-2-4-8-12(10)13-11;;;/h5-9,11-18H,3-4,10H2,1-2H3;1-7H;2*1H;/q2*-1;;;+4/p-2. The first-order valence-electron chi connectivity index (χ1n) is 14.4. The Balaban J connectivity index is 0.000000183. The molecule has 0 bridgehead atoms. The predicted octanol–water partition coefficient (Wildman–Crippen LogP) is 9.91. The average molecular weight is 679 g/mol. The van der Waals surface area contributed by atoms with Gasteiger partial charge in [0, 0.05) is 0 Å². The summed E-state index contributed by atoms with van der Waals surface area (Å²) in [6, 6.07) is 47.1. The normalized spacial score (nSPS) is 11.0. The van der Waals surface area contributed by atoms with Crippen molar-refractivity contribution < 1.29 is 20.8 Å². The van der Waals surface area contributed by atoms with Crippen LogP contribution in [0.3, 0.4) is 0 Å². The quantitative estimate of drug-likeness (QED) is 0.126. The van der Waals surface area contributed by atoms with Gasteiger partial charge < -0.3 is 0 Å². The van der Waals surface area contributed by atoms with Gasteiger partial charge in [-0.15, -0.1) is 40.1 Å². The molecule has 0 aromatic heterocycles. The van der Waals surface area contributed by atoms with Gasteiger partial charge in [0.2, 0.25) is 0 Å². The Morgan fingerprint density at radius 2 is 1.40 bits per heavy atom. The van der Waals surface area contributed by atoms with E-state index >= 15 is 0 Å². The molecule has 0 spiro atoms. The van der Waals surface area contributed by atoms with Crippen LogP contribution in [0.5, 0.6) is 0 Å². The largest absolute Gasteiger partial charge is 0.184 e. The van der Waals surface area contributed by atoms with Crippen LogP contribution in [0, 0.1) is 6.07 Å². The van der Waals surface area contributed by atoms with Gasteiger partial charge >= 0.3 is 37.9 Å². The third kappa shape index (κ3) is 6.95. The van der Waals surface area contributed by atoms with Crippen LogP contribution in [-0.2, 0) is 33.7 Å². The van der Waals surface area contributed by atoms with Crippen LogP contribution in [0.4, 0.5) is 0 Å². The van der Waals surface area contributed by atoms with E-state index in [2.05, 4.69) is 135 Å². The minimum absolute atomic E-state index is 0.795. The van der Waals surface area contributed by atoms with Crippen LogP contribution < -0.4 is 10.4 Å². The summed E-state index contributed by atoms with van der Waals surface area (Å²) in [6.07, 6.45) is 3.35. The smallest absolute Gasteiger partial charge is 0.0920 e. The molecule has 0 saturated heterocycles. The molecular weight excluding hydrogens is 647 g/mol. The van der Waals surface area contributed by atoms with Crippen LogP contribution >= 0.6 is 17.0 Å². The number of benzene rings is 5. The van der Waals surface area contributed by atoms with Crippen molar-refractivity contribution >= 4 is 47.7 Å². The zero-order valence-electron chi connectivity index (χ0n) is 23.9. The Kier molecular flexibility index (Phi) is 11.2. The molecule has 0 saturated carbocycles. The van der Waals surface area contributed by atoms with Crippen LogP contribution in [-0.4, -0.2) is 9.52 Å². The van der Waals surface area contributed by atoms with Gasteiger partial charge in [0.15, 0.2) is 0 Å². The summed E-state index contributed by atoms with van der Waals surface area (Å²) in [5.74, 6) is 0. The second-order valence-corrected chi connectivity index (χ2v) is 15.2. The molecule has 6 aromatic carbocycles. The summed E-state index contributed by atoms with van der Waals surface area (Å²) in [5.41, 5.74) is 11.0. The van der Waals surface area contributed by atoms with Crippen LogP contribution in [0.15, 0.2) is 121 Å². The van der Waals surface area contributed by atoms with Crippen molar-refractivity contribution in [3.05, 3.63) is 139 Å². The molecular formula is C38H32Cl2SiZr. The summed E-state index contributed by atoms with van der Waals surface area (Å²) in [4.78, 5) is 0. The average Bonchev–Trinajstić information content (AvgIpc) is 3.64. The molecule has 0 nitrogen and oxygen atoms in total. The van der Waals surface area contributed by atoms with Gasteiger partial charge in [-0.25, -0.2) is 0 Å². The van der Waals surface area contributed by atoms with Gasteiger partial charge in [-0.3, -0.25) is 0 Å².